The number of aromatic nitrogens is 4. The van der Waals surface area contributed by atoms with Crippen molar-refractivity contribution in [3.63, 3.8) is 0 Å². The van der Waals surface area contributed by atoms with Crippen LogP contribution in [0.25, 0.3) is 22.5 Å². The number of fused-ring (bicyclic) bond motifs is 2. The molecule has 8 rings (SSSR count). The highest BCUT2D eigenvalue weighted by Gasteiger charge is 2.40. The summed E-state index contributed by atoms with van der Waals surface area (Å²) < 4.78 is 27.1. The van der Waals surface area contributed by atoms with Crippen LogP contribution in [0.1, 0.15) is 87.9 Å². The highest BCUT2D eigenvalue weighted by Crippen LogP contribution is 2.42. The first-order valence-corrected chi connectivity index (χ1v) is 25.5. The number of amides is 2. The van der Waals surface area contributed by atoms with Crippen LogP contribution in [0.3, 0.4) is 0 Å². The molecule has 0 saturated heterocycles. The molecule has 0 radical (unpaired) electrons. The third kappa shape index (κ3) is 10.3. The number of carbonyl (C=O) groups is 2. The first-order chi connectivity index (χ1) is 31.2. The topological polar surface area (TPSA) is 165 Å². The van der Waals surface area contributed by atoms with Crippen molar-refractivity contribution in [1.82, 2.24) is 28.9 Å². The standard InChI is InChI=1S/C48H66N8O6S2/c1-59-33-17-13-31(14-18-33)25-41-45-51-39(35-9-5-7-11-43(35)61-3)27-53(45)21-23-55(41)47(57)37(49)29-63-64-30-38(50)48(58)56-24-22-54-28-40(36-10-6-8-12-44(36)62-4)52-46(54)42(56)26-32-15-19-34(60-2)20-16-32/h5-12,27-28,31-34,37-38,41-42H,13-26,29-30,49-50H2,1-4H3/t31?,32?,33?,34?,37-,38-,41-,42-/m0/s1. The number of nitrogens with two attached hydrogens (primary N) is 2. The zero-order chi connectivity index (χ0) is 44.7. The van der Waals surface area contributed by atoms with Gasteiger partial charge in [-0.2, -0.15) is 0 Å². The minimum absolute atomic E-state index is 0.0733. The van der Waals surface area contributed by atoms with E-state index in [1.165, 1.54) is 21.6 Å². The van der Waals surface area contributed by atoms with E-state index in [0.29, 0.717) is 61.7 Å². The molecule has 4 heterocycles. The van der Waals surface area contributed by atoms with E-state index in [0.717, 1.165) is 110 Å². The molecule has 14 nitrogen and oxygen atoms in total. The van der Waals surface area contributed by atoms with Crippen LogP contribution >= 0.6 is 21.6 Å². The van der Waals surface area contributed by atoms with Crippen LogP contribution in [-0.4, -0.2) is 118 Å². The summed E-state index contributed by atoms with van der Waals surface area (Å²) in [5.41, 5.74) is 17.0. The first kappa shape index (κ1) is 46.5. The number of nitrogens with zero attached hydrogens (tertiary/aromatic N) is 6. The lowest BCUT2D eigenvalue weighted by molar-refractivity contribution is -0.137. The van der Waals surface area contributed by atoms with Gasteiger partial charge in [-0.3, -0.25) is 9.59 Å². The Balaban J connectivity index is 0.913. The summed E-state index contributed by atoms with van der Waals surface area (Å²) in [4.78, 5) is 43.0. The third-order valence-corrected chi connectivity index (χ3v) is 16.5. The van der Waals surface area contributed by atoms with Crippen molar-refractivity contribution in [2.75, 3.05) is 53.0 Å². The van der Waals surface area contributed by atoms with Gasteiger partial charge in [0.15, 0.2) is 0 Å². The molecule has 0 bridgehead atoms. The van der Waals surface area contributed by atoms with E-state index >= 15 is 0 Å². The quantitative estimate of drug-likeness (QED) is 0.0815. The molecule has 4 N–H and O–H groups in total. The zero-order valence-electron chi connectivity index (χ0n) is 37.8. The fourth-order valence-electron chi connectivity index (χ4n) is 10.4. The van der Waals surface area contributed by atoms with Crippen LogP contribution in [0.4, 0.5) is 0 Å². The number of ether oxygens (including phenoxy) is 4. The van der Waals surface area contributed by atoms with E-state index in [-0.39, 0.29) is 23.9 Å². The number of imidazole rings is 2. The molecule has 2 aliphatic carbocycles. The predicted molar refractivity (Wildman–Crippen MR) is 253 cm³/mol. The van der Waals surface area contributed by atoms with E-state index in [1.807, 2.05) is 58.3 Å². The Hall–Kier alpha value is -4.06. The maximum absolute atomic E-state index is 14.3. The molecule has 2 amide bonds. The van der Waals surface area contributed by atoms with E-state index < -0.39 is 12.1 Å². The summed E-state index contributed by atoms with van der Waals surface area (Å²) >= 11 is 0. The average Bonchev–Trinajstić information content (AvgIpc) is 3.99. The molecule has 2 aromatic carbocycles. The number of para-hydroxylation sites is 2. The third-order valence-electron chi connectivity index (χ3n) is 14.0. The van der Waals surface area contributed by atoms with E-state index in [4.69, 9.17) is 40.4 Å². The van der Waals surface area contributed by atoms with Gasteiger partial charge in [-0.25, -0.2) is 9.97 Å². The van der Waals surface area contributed by atoms with Gasteiger partial charge in [-0.15, -0.1) is 0 Å². The van der Waals surface area contributed by atoms with Crippen molar-refractivity contribution < 1.29 is 28.5 Å². The average molecular weight is 915 g/mol. The molecule has 16 heteroatoms. The molecular formula is C48H66N8O6S2. The summed E-state index contributed by atoms with van der Waals surface area (Å²) in [7, 11) is 9.95. The molecule has 0 spiro atoms. The molecular weight excluding hydrogens is 849 g/mol. The van der Waals surface area contributed by atoms with E-state index in [2.05, 4.69) is 21.5 Å². The summed E-state index contributed by atoms with van der Waals surface area (Å²) in [6, 6.07) is 14.0. The Labute approximate surface area is 385 Å². The molecule has 0 unspecified atom stereocenters. The van der Waals surface area contributed by atoms with Crippen molar-refractivity contribution in [2.24, 2.45) is 23.3 Å². The van der Waals surface area contributed by atoms with Crippen LogP contribution in [0.15, 0.2) is 60.9 Å². The van der Waals surface area contributed by atoms with Crippen LogP contribution in [0.5, 0.6) is 11.5 Å². The van der Waals surface area contributed by atoms with Crippen molar-refractivity contribution in [3.8, 4) is 34.0 Å². The molecule has 2 aromatic heterocycles. The molecule has 346 valence electrons. The second-order valence-corrected chi connectivity index (χ2v) is 20.4. The molecule has 2 aliphatic heterocycles. The Morgan fingerprint density at radius 2 is 1.00 bits per heavy atom. The highest BCUT2D eigenvalue weighted by molar-refractivity contribution is 8.76. The Morgan fingerprint density at radius 3 is 1.38 bits per heavy atom. The molecule has 4 aliphatic rings. The fraction of sp³-hybridized carbons (Fsp3) is 0.583. The lowest BCUT2D eigenvalue weighted by Gasteiger charge is -2.40. The van der Waals surface area contributed by atoms with Gasteiger partial charge in [0.25, 0.3) is 0 Å². The van der Waals surface area contributed by atoms with Crippen molar-refractivity contribution >= 4 is 33.4 Å². The van der Waals surface area contributed by atoms with Crippen LogP contribution in [-0.2, 0) is 32.2 Å². The van der Waals surface area contributed by atoms with E-state index in [1.54, 1.807) is 28.4 Å². The Kier molecular flexibility index (Phi) is 15.6. The SMILES string of the molecule is COc1ccccc1-c1cn2c(n1)[C@H](CC1CCC(OC)CC1)N(C(=O)[C@@H](N)CSSC[C@H](N)C(=O)N1CCn3cc(-c4ccccc4OC)nc3[C@@H]1CC1CCC(OC)CC1)CC2. The smallest absolute Gasteiger partial charge is 0.241 e. The van der Waals surface area contributed by atoms with Gasteiger partial charge in [0.1, 0.15) is 23.1 Å². The largest absolute Gasteiger partial charge is 0.496 e. The Bertz CT molecular complexity index is 2030. The summed E-state index contributed by atoms with van der Waals surface area (Å²) in [6.07, 6.45) is 14.7. The van der Waals surface area contributed by atoms with E-state index in [9.17, 15) is 9.59 Å². The lowest BCUT2D eigenvalue weighted by Crippen LogP contribution is -2.51. The summed E-state index contributed by atoms with van der Waals surface area (Å²) in [5, 5.41) is 0. The molecule has 4 atom stereocenters. The minimum Gasteiger partial charge on any atom is -0.496 e. The summed E-state index contributed by atoms with van der Waals surface area (Å²) in [6.45, 7) is 2.38. The van der Waals surface area contributed by atoms with Gasteiger partial charge < -0.3 is 49.3 Å². The minimum atomic E-state index is -0.720. The molecule has 2 saturated carbocycles. The molecule has 64 heavy (non-hydrogen) atoms. The maximum Gasteiger partial charge on any atom is 0.241 e. The number of hydrogen-bond acceptors (Lipinski definition) is 12. The number of hydrogen-bond donors (Lipinski definition) is 2. The predicted octanol–water partition coefficient (Wildman–Crippen LogP) is 7.12. The highest BCUT2D eigenvalue weighted by atomic mass is 33.1. The van der Waals surface area contributed by atoms with Crippen LogP contribution in [0.2, 0.25) is 0 Å². The van der Waals surface area contributed by atoms with Gasteiger partial charge in [0, 0.05) is 75.4 Å². The van der Waals surface area contributed by atoms with Gasteiger partial charge in [-0.05, 0) is 100 Å². The van der Waals surface area contributed by atoms with Crippen LogP contribution in [0, 0.1) is 11.8 Å². The van der Waals surface area contributed by atoms with Gasteiger partial charge in [0.2, 0.25) is 11.8 Å². The Morgan fingerprint density at radius 1 is 0.609 bits per heavy atom. The normalized spacial score (nSPS) is 24.4. The number of methoxy groups -OCH3 is 4. The molecule has 4 aromatic rings. The second-order valence-electron chi connectivity index (χ2n) is 17.9. The van der Waals surface area contributed by atoms with Crippen molar-refractivity contribution in [1.29, 1.82) is 0 Å². The number of rotatable bonds is 17. The fourth-order valence-corrected chi connectivity index (χ4v) is 12.6. The second kappa shape index (κ2) is 21.5. The van der Waals surface area contributed by atoms with Crippen molar-refractivity contribution in [3.05, 3.63) is 72.6 Å². The maximum atomic E-state index is 14.3. The van der Waals surface area contributed by atoms with Crippen LogP contribution < -0.4 is 20.9 Å². The molecule has 2 fully saturated rings. The first-order valence-electron chi connectivity index (χ1n) is 23.0. The lowest BCUT2D eigenvalue weighted by atomic mass is 9.82. The van der Waals surface area contributed by atoms with Gasteiger partial charge in [-0.1, -0.05) is 45.9 Å². The van der Waals surface area contributed by atoms with Gasteiger partial charge >= 0.3 is 0 Å². The summed E-state index contributed by atoms with van der Waals surface area (Å²) in [5.74, 6) is 4.86. The number of carbonyl (C=O) groups excluding carboxylic acids is 2. The van der Waals surface area contributed by atoms with Crippen molar-refractivity contribution in [2.45, 2.75) is 114 Å². The zero-order valence-corrected chi connectivity index (χ0v) is 39.4. The van der Waals surface area contributed by atoms with Gasteiger partial charge in [0.05, 0.1) is 62.0 Å². The monoisotopic (exact) mass is 914 g/mol. The number of benzene rings is 2.